The third-order valence-electron chi connectivity index (χ3n) is 5.06. The van der Waals surface area contributed by atoms with Crippen LogP contribution in [-0.2, 0) is 5.41 Å². The average Bonchev–Trinajstić information content (AvgIpc) is 2.67. The van der Waals surface area contributed by atoms with E-state index in [9.17, 15) is 0 Å². The van der Waals surface area contributed by atoms with Crippen LogP contribution in [0.3, 0.4) is 0 Å². The molecule has 0 saturated carbocycles. The smallest absolute Gasteiger partial charge is 0.211 e. The van der Waals surface area contributed by atoms with Crippen molar-refractivity contribution in [3.05, 3.63) is 64.1 Å². The molecule has 0 saturated heterocycles. The number of benzene rings is 2. The normalized spacial score (nSPS) is 24.1. The Labute approximate surface area is 139 Å². The summed E-state index contributed by atoms with van der Waals surface area (Å²) >= 11 is 3.70. The van der Waals surface area contributed by atoms with Crippen LogP contribution in [0, 0.1) is 0 Å². The van der Waals surface area contributed by atoms with Gasteiger partial charge in [0, 0.05) is 17.1 Å². The van der Waals surface area contributed by atoms with Crippen LogP contribution in [0.1, 0.15) is 25.0 Å². The number of para-hydroxylation sites is 2. The first-order valence-electron chi connectivity index (χ1n) is 7.47. The molecule has 2 aliphatic rings. The fourth-order valence-corrected chi connectivity index (χ4v) is 4.40. The summed E-state index contributed by atoms with van der Waals surface area (Å²) in [6, 6.07) is 14.6. The number of ether oxygens (including phenoxy) is 1. The molecule has 1 unspecified atom stereocenters. The standard InChI is InChI=1S/C19H18BrNO/c1-18(2)14-8-6-9-15(20)17(14)21(3)19(18)12-11-13-7-4-5-10-16(13)22-19/h4-12H,1-3H3. The summed E-state index contributed by atoms with van der Waals surface area (Å²) in [6.45, 7) is 4.50. The van der Waals surface area contributed by atoms with Gasteiger partial charge in [-0.1, -0.05) is 30.3 Å². The number of hydrogen-bond donors (Lipinski definition) is 0. The zero-order valence-corrected chi connectivity index (χ0v) is 14.5. The summed E-state index contributed by atoms with van der Waals surface area (Å²) < 4.78 is 7.67. The summed E-state index contributed by atoms with van der Waals surface area (Å²) in [4.78, 5) is 2.25. The Morgan fingerprint density at radius 3 is 2.59 bits per heavy atom. The second kappa shape index (κ2) is 4.39. The quantitative estimate of drug-likeness (QED) is 0.660. The second-order valence-corrected chi connectivity index (χ2v) is 7.34. The van der Waals surface area contributed by atoms with E-state index in [0.29, 0.717) is 0 Å². The van der Waals surface area contributed by atoms with Crippen molar-refractivity contribution in [1.29, 1.82) is 0 Å². The molecule has 22 heavy (non-hydrogen) atoms. The van der Waals surface area contributed by atoms with Crippen molar-refractivity contribution in [1.82, 2.24) is 0 Å². The first-order valence-corrected chi connectivity index (χ1v) is 8.27. The van der Waals surface area contributed by atoms with Gasteiger partial charge in [0.1, 0.15) is 5.75 Å². The molecule has 1 spiro atoms. The molecule has 3 heteroatoms. The van der Waals surface area contributed by atoms with E-state index in [1.165, 1.54) is 11.3 Å². The maximum atomic E-state index is 6.56. The van der Waals surface area contributed by atoms with Gasteiger partial charge in [0.15, 0.2) is 0 Å². The van der Waals surface area contributed by atoms with Crippen LogP contribution in [0.2, 0.25) is 0 Å². The maximum Gasteiger partial charge on any atom is 0.211 e. The van der Waals surface area contributed by atoms with Crippen molar-refractivity contribution in [2.75, 3.05) is 11.9 Å². The number of likely N-dealkylation sites (N-methyl/N-ethyl adjacent to an activating group) is 1. The zero-order chi connectivity index (χ0) is 15.5. The molecule has 0 N–H and O–H groups in total. The molecule has 0 fully saturated rings. The largest absolute Gasteiger partial charge is 0.463 e. The van der Waals surface area contributed by atoms with Gasteiger partial charge in [-0.15, -0.1) is 0 Å². The number of rotatable bonds is 0. The number of halogens is 1. The summed E-state index contributed by atoms with van der Waals surface area (Å²) in [5.74, 6) is 0.939. The molecule has 2 nitrogen and oxygen atoms in total. The topological polar surface area (TPSA) is 12.5 Å². The van der Waals surface area contributed by atoms with E-state index in [1.54, 1.807) is 0 Å². The third kappa shape index (κ3) is 1.55. The lowest BCUT2D eigenvalue weighted by Gasteiger charge is -2.45. The minimum absolute atomic E-state index is 0.162. The van der Waals surface area contributed by atoms with E-state index in [4.69, 9.17) is 4.74 Å². The number of anilines is 1. The van der Waals surface area contributed by atoms with Gasteiger partial charge in [0.2, 0.25) is 5.72 Å². The summed E-state index contributed by atoms with van der Waals surface area (Å²) in [5.41, 5.74) is 2.97. The summed E-state index contributed by atoms with van der Waals surface area (Å²) in [7, 11) is 2.11. The first-order chi connectivity index (χ1) is 10.5. The molecule has 2 aliphatic heterocycles. The van der Waals surface area contributed by atoms with Gasteiger partial charge in [-0.05, 0) is 59.6 Å². The Bertz CT molecular complexity index is 796. The third-order valence-corrected chi connectivity index (χ3v) is 5.70. The van der Waals surface area contributed by atoms with Gasteiger partial charge in [0.25, 0.3) is 0 Å². The van der Waals surface area contributed by atoms with E-state index >= 15 is 0 Å². The molecule has 0 aliphatic carbocycles. The van der Waals surface area contributed by atoms with Gasteiger partial charge in [-0.2, -0.15) is 0 Å². The fourth-order valence-electron chi connectivity index (χ4n) is 3.77. The molecule has 0 radical (unpaired) electrons. The SMILES string of the molecule is CN1c2c(Br)cccc2C(C)(C)C12C=Cc1ccccc1O2. The molecule has 2 aromatic carbocycles. The molecule has 0 amide bonds. The van der Waals surface area contributed by atoms with Gasteiger partial charge in [0.05, 0.1) is 11.1 Å². The van der Waals surface area contributed by atoms with Crippen LogP contribution >= 0.6 is 15.9 Å². The predicted octanol–water partition coefficient (Wildman–Crippen LogP) is 4.98. The maximum absolute atomic E-state index is 6.56. The van der Waals surface area contributed by atoms with E-state index < -0.39 is 5.72 Å². The number of hydrogen-bond acceptors (Lipinski definition) is 2. The highest BCUT2D eigenvalue weighted by Gasteiger charge is 2.58. The van der Waals surface area contributed by atoms with Crippen molar-refractivity contribution < 1.29 is 4.74 Å². The van der Waals surface area contributed by atoms with E-state index in [1.807, 2.05) is 18.2 Å². The van der Waals surface area contributed by atoms with E-state index in [-0.39, 0.29) is 5.41 Å². The minimum Gasteiger partial charge on any atom is -0.463 e. The Hall–Kier alpha value is -1.74. The molecule has 0 bridgehead atoms. The van der Waals surface area contributed by atoms with Crippen LogP contribution in [0.15, 0.2) is 53.0 Å². The summed E-state index contributed by atoms with van der Waals surface area (Å²) in [5, 5.41) is 0. The van der Waals surface area contributed by atoms with E-state index in [2.05, 4.69) is 78.1 Å². The zero-order valence-electron chi connectivity index (χ0n) is 12.9. The molecule has 2 heterocycles. The summed E-state index contributed by atoms with van der Waals surface area (Å²) in [6.07, 6.45) is 4.37. The highest BCUT2D eigenvalue weighted by molar-refractivity contribution is 9.10. The monoisotopic (exact) mass is 355 g/mol. The predicted molar refractivity (Wildman–Crippen MR) is 94.4 cm³/mol. The lowest BCUT2D eigenvalue weighted by atomic mass is 9.76. The van der Waals surface area contributed by atoms with Crippen molar-refractivity contribution >= 4 is 27.7 Å². The number of nitrogens with zero attached hydrogens (tertiary/aromatic N) is 1. The lowest BCUT2D eigenvalue weighted by Crippen LogP contribution is -2.58. The second-order valence-electron chi connectivity index (χ2n) is 6.49. The van der Waals surface area contributed by atoms with E-state index in [0.717, 1.165) is 15.8 Å². The van der Waals surface area contributed by atoms with Crippen molar-refractivity contribution in [3.8, 4) is 5.75 Å². The molecule has 2 aromatic rings. The Balaban J connectivity index is 1.94. The average molecular weight is 356 g/mol. The van der Waals surface area contributed by atoms with Crippen LogP contribution in [-0.4, -0.2) is 12.8 Å². The molecular formula is C19H18BrNO. The Morgan fingerprint density at radius 1 is 1.05 bits per heavy atom. The van der Waals surface area contributed by atoms with Gasteiger partial charge >= 0.3 is 0 Å². The van der Waals surface area contributed by atoms with Crippen LogP contribution in [0.5, 0.6) is 5.75 Å². The lowest BCUT2D eigenvalue weighted by molar-refractivity contribution is 0.0581. The fraction of sp³-hybridized carbons (Fsp3) is 0.263. The van der Waals surface area contributed by atoms with Crippen LogP contribution in [0.25, 0.3) is 6.08 Å². The van der Waals surface area contributed by atoms with Crippen molar-refractivity contribution in [3.63, 3.8) is 0 Å². The molecular weight excluding hydrogens is 338 g/mol. The van der Waals surface area contributed by atoms with Crippen molar-refractivity contribution in [2.45, 2.75) is 25.0 Å². The van der Waals surface area contributed by atoms with Gasteiger partial charge in [-0.25, -0.2) is 0 Å². The van der Waals surface area contributed by atoms with Crippen molar-refractivity contribution in [2.24, 2.45) is 0 Å². The molecule has 4 rings (SSSR count). The van der Waals surface area contributed by atoms with Crippen LogP contribution < -0.4 is 9.64 Å². The highest BCUT2D eigenvalue weighted by Crippen LogP contribution is 2.55. The van der Waals surface area contributed by atoms with Gasteiger partial charge < -0.3 is 9.64 Å². The van der Waals surface area contributed by atoms with Gasteiger partial charge in [-0.3, -0.25) is 0 Å². The minimum atomic E-state index is -0.506. The Morgan fingerprint density at radius 2 is 1.82 bits per heavy atom. The van der Waals surface area contributed by atoms with Crippen LogP contribution in [0.4, 0.5) is 5.69 Å². The Kier molecular flexibility index (Phi) is 2.77. The highest BCUT2D eigenvalue weighted by atomic mass is 79.9. The molecule has 0 aromatic heterocycles. The first kappa shape index (κ1) is 13.9. The molecule has 1 atom stereocenters. The molecule has 112 valence electrons. The number of fused-ring (bicyclic) bond motifs is 2.